The third-order valence-electron chi connectivity index (χ3n) is 2.15. The van der Waals surface area contributed by atoms with E-state index in [0.717, 1.165) is 5.56 Å². The van der Waals surface area contributed by atoms with Crippen LogP contribution in [-0.4, -0.2) is 17.2 Å². The number of benzene rings is 1. The van der Waals surface area contributed by atoms with Crippen molar-refractivity contribution in [2.75, 3.05) is 11.9 Å². The molecule has 0 radical (unpaired) electrons. The Morgan fingerprint density at radius 3 is 2.81 bits per heavy atom. The van der Waals surface area contributed by atoms with Gasteiger partial charge in [-0.15, -0.1) is 5.10 Å². The van der Waals surface area contributed by atoms with Gasteiger partial charge in [-0.3, -0.25) is 0 Å². The van der Waals surface area contributed by atoms with Gasteiger partial charge in [0.2, 0.25) is 5.89 Å². The molecule has 1 aromatic carbocycles. The lowest BCUT2D eigenvalue weighted by atomic mass is 10.2. The highest BCUT2D eigenvalue weighted by atomic mass is 19.1. The van der Waals surface area contributed by atoms with E-state index in [0.29, 0.717) is 18.5 Å². The molecule has 0 amide bonds. The maximum Gasteiger partial charge on any atom is 0.318 e. The van der Waals surface area contributed by atoms with Crippen LogP contribution < -0.4 is 4.90 Å². The number of aryl methyl sites for hydroxylation is 1. The van der Waals surface area contributed by atoms with Gasteiger partial charge in [-0.05, 0) is 17.7 Å². The average molecular weight is 221 g/mol. The predicted molar refractivity (Wildman–Crippen MR) is 57.5 cm³/mol. The summed E-state index contributed by atoms with van der Waals surface area (Å²) in [6, 6.07) is 6.86. The second kappa shape index (κ2) is 4.30. The molecule has 2 rings (SSSR count). The van der Waals surface area contributed by atoms with Gasteiger partial charge in [0.05, 0.1) is 0 Å². The van der Waals surface area contributed by atoms with Gasteiger partial charge >= 0.3 is 6.01 Å². The number of aromatic nitrogens is 2. The van der Waals surface area contributed by atoms with Gasteiger partial charge in [0.1, 0.15) is 5.82 Å². The molecule has 0 saturated heterocycles. The fourth-order valence-corrected chi connectivity index (χ4v) is 1.42. The van der Waals surface area contributed by atoms with E-state index >= 15 is 0 Å². The molecule has 5 heteroatoms. The van der Waals surface area contributed by atoms with Crippen molar-refractivity contribution in [2.45, 2.75) is 13.5 Å². The van der Waals surface area contributed by atoms with Gasteiger partial charge in [0.15, 0.2) is 0 Å². The van der Waals surface area contributed by atoms with Crippen molar-refractivity contribution in [3.8, 4) is 0 Å². The Balaban J connectivity index is 2.10. The molecule has 0 unspecified atom stereocenters. The fraction of sp³-hybridized carbons (Fsp3) is 0.273. The Morgan fingerprint density at radius 1 is 1.38 bits per heavy atom. The Kier molecular flexibility index (Phi) is 2.85. The molecule has 84 valence electrons. The van der Waals surface area contributed by atoms with Crippen molar-refractivity contribution < 1.29 is 8.81 Å². The summed E-state index contributed by atoms with van der Waals surface area (Å²) in [7, 11) is 1.82. The molecule has 1 aromatic heterocycles. The van der Waals surface area contributed by atoms with Crippen molar-refractivity contribution in [3.05, 3.63) is 41.5 Å². The molecule has 16 heavy (non-hydrogen) atoms. The highest BCUT2D eigenvalue weighted by Crippen LogP contribution is 2.13. The number of halogens is 1. The molecule has 0 spiro atoms. The monoisotopic (exact) mass is 221 g/mol. The molecular weight excluding hydrogens is 209 g/mol. The Morgan fingerprint density at radius 2 is 2.19 bits per heavy atom. The van der Waals surface area contributed by atoms with Crippen LogP contribution in [0, 0.1) is 12.7 Å². The maximum atomic E-state index is 13.0. The van der Waals surface area contributed by atoms with E-state index in [2.05, 4.69) is 10.2 Å². The summed E-state index contributed by atoms with van der Waals surface area (Å²) in [5.41, 5.74) is 0.860. The first-order valence-electron chi connectivity index (χ1n) is 4.91. The van der Waals surface area contributed by atoms with Crippen molar-refractivity contribution >= 4 is 6.01 Å². The zero-order valence-electron chi connectivity index (χ0n) is 9.14. The zero-order valence-corrected chi connectivity index (χ0v) is 9.14. The molecule has 0 aliphatic carbocycles. The van der Waals surface area contributed by atoms with E-state index < -0.39 is 0 Å². The maximum absolute atomic E-state index is 13.0. The summed E-state index contributed by atoms with van der Waals surface area (Å²) < 4.78 is 18.2. The van der Waals surface area contributed by atoms with E-state index in [4.69, 9.17) is 4.42 Å². The molecule has 2 aromatic rings. The fourth-order valence-electron chi connectivity index (χ4n) is 1.42. The highest BCUT2D eigenvalue weighted by molar-refractivity contribution is 5.27. The molecule has 0 atom stereocenters. The first-order valence-corrected chi connectivity index (χ1v) is 4.91. The summed E-state index contributed by atoms with van der Waals surface area (Å²) in [5, 5.41) is 7.61. The van der Waals surface area contributed by atoms with Gasteiger partial charge in [0.25, 0.3) is 0 Å². The minimum atomic E-state index is -0.243. The van der Waals surface area contributed by atoms with Gasteiger partial charge in [-0.25, -0.2) is 4.39 Å². The summed E-state index contributed by atoms with van der Waals surface area (Å²) >= 11 is 0. The first-order chi connectivity index (χ1) is 7.65. The second-order valence-corrected chi connectivity index (χ2v) is 3.59. The molecular formula is C11H12FN3O. The molecule has 0 fully saturated rings. The van der Waals surface area contributed by atoms with Crippen molar-refractivity contribution in [2.24, 2.45) is 0 Å². The number of anilines is 1. The van der Waals surface area contributed by atoms with Gasteiger partial charge in [-0.2, -0.15) is 0 Å². The summed E-state index contributed by atoms with van der Waals surface area (Å²) in [4.78, 5) is 1.77. The van der Waals surface area contributed by atoms with Gasteiger partial charge in [0, 0.05) is 20.5 Å². The smallest absolute Gasteiger partial charge is 0.318 e. The van der Waals surface area contributed by atoms with E-state index in [9.17, 15) is 4.39 Å². The molecule has 0 bridgehead atoms. The molecule has 4 nitrogen and oxygen atoms in total. The van der Waals surface area contributed by atoms with Crippen LogP contribution in [0.3, 0.4) is 0 Å². The number of hydrogen-bond donors (Lipinski definition) is 0. The quantitative estimate of drug-likeness (QED) is 0.796. The molecule has 0 saturated carbocycles. The topological polar surface area (TPSA) is 42.2 Å². The lowest BCUT2D eigenvalue weighted by Gasteiger charge is -2.13. The SMILES string of the molecule is Cc1nnc(N(C)Cc2cccc(F)c2)o1. The van der Waals surface area contributed by atoms with E-state index in [1.54, 1.807) is 17.9 Å². The van der Waals surface area contributed by atoms with Crippen LogP contribution in [0.4, 0.5) is 10.4 Å². The normalized spacial score (nSPS) is 10.4. The van der Waals surface area contributed by atoms with Crippen LogP contribution in [0.5, 0.6) is 0 Å². The summed E-state index contributed by atoms with van der Waals surface area (Å²) in [6.07, 6.45) is 0. The lowest BCUT2D eigenvalue weighted by molar-refractivity contribution is 0.511. The van der Waals surface area contributed by atoms with Crippen LogP contribution in [-0.2, 0) is 6.54 Å². The Labute approximate surface area is 92.7 Å². The lowest BCUT2D eigenvalue weighted by Crippen LogP contribution is -2.16. The molecule has 1 heterocycles. The second-order valence-electron chi connectivity index (χ2n) is 3.59. The number of hydrogen-bond acceptors (Lipinski definition) is 4. The molecule has 0 aliphatic rings. The van der Waals surface area contributed by atoms with E-state index in [1.165, 1.54) is 12.1 Å². The zero-order chi connectivity index (χ0) is 11.5. The van der Waals surface area contributed by atoms with Crippen LogP contribution in [0.15, 0.2) is 28.7 Å². The van der Waals surface area contributed by atoms with Gasteiger partial charge in [-0.1, -0.05) is 17.2 Å². The average Bonchev–Trinajstić information content (AvgIpc) is 2.65. The van der Waals surface area contributed by atoms with Crippen LogP contribution in [0.1, 0.15) is 11.5 Å². The number of rotatable bonds is 3. The summed E-state index contributed by atoms with van der Waals surface area (Å²) in [5.74, 6) is 0.272. The van der Waals surface area contributed by atoms with Crippen LogP contribution in [0.25, 0.3) is 0 Å². The highest BCUT2D eigenvalue weighted by Gasteiger charge is 2.09. The minimum Gasteiger partial charge on any atom is -0.408 e. The Hall–Kier alpha value is -1.91. The van der Waals surface area contributed by atoms with E-state index in [1.807, 2.05) is 13.1 Å². The predicted octanol–water partition coefficient (Wildman–Crippen LogP) is 2.15. The first kappa shape index (κ1) is 10.6. The van der Waals surface area contributed by atoms with Gasteiger partial charge < -0.3 is 9.32 Å². The standard InChI is InChI=1S/C11H12FN3O/c1-8-13-14-11(16-8)15(2)7-9-4-3-5-10(12)6-9/h3-6H,7H2,1-2H3. The van der Waals surface area contributed by atoms with E-state index in [-0.39, 0.29) is 5.82 Å². The summed E-state index contributed by atoms with van der Waals surface area (Å²) in [6.45, 7) is 2.26. The third-order valence-corrected chi connectivity index (χ3v) is 2.15. The number of nitrogens with zero attached hydrogens (tertiary/aromatic N) is 3. The van der Waals surface area contributed by atoms with Crippen LogP contribution >= 0.6 is 0 Å². The van der Waals surface area contributed by atoms with Crippen molar-refractivity contribution in [3.63, 3.8) is 0 Å². The Bertz CT molecular complexity index is 484. The third kappa shape index (κ3) is 2.36. The van der Waals surface area contributed by atoms with Crippen molar-refractivity contribution in [1.29, 1.82) is 0 Å². The molecule has 0 N–H and O–H groups in total. The minimum absolute atomic E-state index is 0.243. The largest absolute Gasteiger partial charge is 0.408 e. The molecule has 0 aliphatic heterocycles. The van der Waals surface area contributed by atoms with Crippen molar-refractivity contribution in [1.82, 2.24) is 10.2 Å². The van der Waals surface area contributed by atoms with Crippen LogP contribution in [0.2, 0.25) is 0 Å².